The average Bonchev–Trinajstić information content (AvgIpc) is 2.38. The van der Waals surface area contributed by atoms with E-state index in [0.717, 1.165) is 35.4 Å². The zero-order valence-corrected chi connectivity index (χ0v) is 13.7. The standard InChI is InChI=1S/C14H19BrN2OS/c1-3-11-9-17(7-6-16(11)2)14(18)12-5-4-10(15)8-13(12)19/h4-5,8,11,19H,3,6-7,9H2,1-2H3. The van der Waals surface area contributed by atoms with Crippen LogP contribution in [0.25, 0.3) is 0 Å². The summed E-state index contributed by atoms with van der Waals surface area (Å²) in [5, 5.41) is 0. The summed E-state index contributed by atoms with van der Waals surface area (Å²) in [4.78, 5) is 17.5. The highest BCUT2D eigenvalue weighted by atomic mass is 79.9. The predicted octanol–water partition coefficient (Wildman–Crippen LogP) is 2.90. The lowest BCUT2D eigenvalue weighted by atomic mass is 10.1. The van der Waals surface area contributed by atoms with Crippen molar-refractivity contribution in [2.75, 3.05) is 26.7 Å². The van der Waals surface area contributed by atoms with Crippen molar-refractivity contribution in [1.29, 1.82) is 0 Å². The van der Waals surface area contributed by atoms with Crippen LogP contribution in [-0.2, 0) is 0 Å². The third-order valence-electron chi connectivity index (χ3n) is 3.73. The molecule has 1 fully saturated rings. The molecule has 104 valence electrons. The van der Waals surface area contributed by atoms with Crippen LogP contribution in [0.4, 0.5) is 0 Å². The summed E-state index contributed by atoms with van der Waals surface area (Å²) in [5.74, 6) is 0.0871. The molecule has 1 saturated heterocycles. The Bertz CT molecular complexity index is 481. The Morgan fingerprint density at radius 2 is 2.21 bits per heavy atom. The summed E-state index contributed by atoms with van der Waals surface area (Å²) < 4.78 is 0.943. The van der Waals surface area contributed by atoms with Crippen molar-refractivity contribution >= 4 is 34.5 Å². The highest BCUT2D eigenvalue weighted by molar-refractivity contribution is 9.10. The van der Waals surface area contributed by atoms with E-state index in [1.165, 1.54) is 0 Å². The van der Waals surface area contributed by atoms with Gasteiger partial charge in [0.2, 0.25) is 0 Å². The summed E-state index contributed by atoms with van der Waals surface area (Å²) in [6.07, 6.45) is 1.06. The van der Waals surface area contributed by atoms with Gasteiger partial charge in [0.1, 0.15) is 0 Å². The molecule has 1 aromatic rings. The van der Waals surface area contributed by atoms with Crippen LogP contribution in [-0.4, -0.2) is 48.4 Å². The smallest absolute Gasteiger partial charge is 0.255 e. The van der Waals surface area contributed by atoms with E-state index in [4.69, 9.17) is 0 Å². The maximum atomic E-state index is 12.5. The molecular formula is C14H19BrN2OS. The normalized spacial score (nSPS) is 20.6. The van der Waals surface area contributed by atoms with Crippen LogP contribution >= 0.6 is 28.6 Å². The summed E-state index contributed by atoms with van der Waals surface area (Å²) in [6.45, 7) is 4.69. The van der Waals surface area contributed by atoms with Crippen molar-refractivity contribution in [2.45, 2.75) is 24.3 Å². The molecule has 1 aliphatic heterocycles. The number of carbonyl (C=O) groups is 1. The van der Waals surface area contributed by atoms with E-state index in [1.54, 1.807) is 0 Å². The number of thiol groups is 1. The molecule has 0 aromatic heterocycles. The Labute approximate surface area is 128 Å². The van der Waals surface area contributed by atoms with Gasteiger partial charge in [-0.2, -0.15) is 0 Å². The van der Waals surface area contributed by atoms with E-state index < -0.39 is 0 Å². The minimum absolute atomic E-state index is 0.0871. The van der Waals surface area contributed by atoms with Gasteiger partial charge in [0.15, 0.2) is 0 Å². The van der Waals surface area contributed by atoms with Gasteiger partial charge in [-0.1, -0.05) is 22.9 Å². The van der Waals surface area contributed by atoms with Crippen LogP contribution in [0.5, 0.6) is 0 Å². The van der Waals surface area contributed by atoms with Crippen molar-refractivity contribution in [3.63, 3.8) is 0 Å². The van der Waals surface area contributed by atoms with Gasteiger partial charge in [0.05, 0.1) is 5.56 Å². The Balaban J connectivity index is 2.15. The second-order valence-corrected chi connectivity index (χ2v) is 6.35. The van der Waals surface area contributed by atoms with E-state index >= 15 is 0 Å². The van der Waals surface area contributed by atoms with Crippen LogP contribution in [0.3, 0.4) is 0 Å². The van der Waals surface area contributed by atoms with Gasteiger partial charge in [-0.3, -0.25) is 9.69 Å². The van der Waals surface area contributed by atoms with Crippen molar-refractivity contribution in [2.24, 2.45) is 0 Å². The summed E-state index contributed by atoms with van der Waals surface area (Å²) in [5.41, 5.74) is 0.686. The predicted molar refractivity (Wildman–Crippen MR) is 84.0 cm³/mol. The Morgan fingerprint density at radius 3 is 2.84 bits per heavy atom. The van der Waals surface area contributed by atoms with Crippen LogP contribution in [0.15, 0.2) is 27.6 Å². The quantitative estimate of drug-likeness (QED) is 0.835. The Hall–Kier alpha value is -0.520. The fraction of sp³-hybridized carbons (Fsp3) is 0.500. The highest BCUT2D eigenvalue weighted by Gasteiger charge is 2.27. The van der Waals surface area contributed by atoms with Gasteiger partial charge in [-0.25, -0.2) is 0 Å². The number of likely N-dealkylation sites (N-methyl/N-ethyl adjacent to an activating group) is 1. The first-order valence-electron chi connectivity index (χ1n) is 6.51. The van der Waals surface area contributed by atoms with Gasteiger partial charge in [0.25, 0.3) is 5.91 Å². The largest absolute Gasteiger partial charge is 0.336 e. The molecule has 1 atom stereocenters. The second kappa shape index (κ2) is 6.29. The van der Waals surface area contributed by atoms with Crippen molar-refractivity contribution < 1.29 is 4.79 Å². The molecule has 2 rings (SSSR count). The number of benzene rings is 1. The maximum Gasteiger partial charge on any atom is 0.255 e. The van der Waals surface area contributed by atoms with Crippen LogP contribution in [0, 0.1) is 0 Å². The fourth-order valence-electron chi connectivity index (χ4n) is 2.43. The second-order valence-electron chi connectivity index (χ2n) is 4.96. The van der Waals surface area contributed by atoms with Gasteiger partial charge < -0.3 is 4.90 Å². The zero-order valence-electron chi connectivity index (χ0n) is 11.3. The van der Waals surface area contributed by atoms with E-state index in [9.17, 15) is 4.79 Å². The number of hydrogen-bond donors (Lipinski definition) is 1. The third-order valence-corrected chi connectivity index (χ3v) is 4.59. The molecule has 0 spiro atoms. The molecule has 0 N–H and O–H groups in total. The molecule has 0 aliphatic carbocycles. The number of carbonyl (C=O) groups excluding carboxylic acids is 1. The lowest BCUT2D eigenvalue weighted by molar-refractivity contribution is 0.0538. The number of rotatable bonds is 2. The van der Waals surface area contributed by atoms with E-state index in [0.29, 0.717) is 11.6 Å². The number of hydrogen-bond acceptors (Lipinski definition) is 3. The summed E-state index contributed by atoms with van der Waals surface area (Å²) in [7, 11) is 2.12. The molecular weight excluding hydrogens is 324 g/mol. The lowest BCUT2D eigenvalue weighted by Gasteiger charge is -2.39. The zero-order chi connectivity index (χ0) is 14.0. The molecule has 1 heterocycles. The first-order chi connectivity index (χ1) is 9.02. The van der Waals surface area contributed by atoms with Crippen LogP contribution in [0.2, 0.25) is 0 Å². The molecule has 19 heavy (non-hydrogen) atoms. The topological polar surface area (TPSA) is 23.6 Å². The molecule has 1 amide bonds. The molecule has 1 aromatic carbocycles. The molecule has 3 nitrogen and oxygen atoms in total. The van der Waals surface area contributed by atoms with Gasteiger partial charge in [-0.15, -0.1) is 12.6 Å². The van der Waals surface area contributed by atoms with Crippen molar-refractivity contribution in [3.05, 3.63) is 28.2 Å². The highest BCUT2D eigenvalue weighted by Crippen LogP contribution is 2.22. The Kier molecular flexibility index (Phi) is 4.92. The Morgan fingerprint density at radius 1 is 1.47 bits per heavy atom. The molecule has 0 radical (unpaired) electrons. The first-order valence-corrected chi connectivity index (χ1v) is 7.75. The molecule has 1 aliphatic rings. The van der Waals surface area contributed by atoms with Gasteiger partial charge in [-0.05, 0) is 31.7 Å². The minimum atomic E-state index is 0.0871. The van der Waals surface area contributed by atoms with E-state index in [-0.39, 0.29) is 5.91 Å². The maximum absolute atomic E-state index is 12.5. The minimum Gasteiger partial charge on any atom is -0.336 e. The molecule has 0 bridgehead atoms. The molecule has 0 saturated carbocycles. The van der Waals surface area contributed by atoms with E-state index in [1.807, 2.05) is 23.1 Å². The van der Waals surface area contributed by atoms with Crippen LogP contribution < -0.4 is 0 Å². The third kappa shape index (κ3) is 3.33. The lowest BCUT2D eigenvalue weighted by Crippen LogP contribution is -2.53. The molecule has 1 unspecified atom stereocenters. The number of nitrogens with zero attached hydrogens (tertiary/aromatic N) is 2. The van der Waals surface area contributed by atoms with Gasteiger partial charge in [0, 0.05) is 35.0 Å². The van der Waals surface area contributed by atoms with Crippen molar-refractivity contribution in [3.8, 4) is 0 Å². The summed E-state index contributed by atoms with van der Waals surface area (Å²) >= 11 is 7.79. The molecule has 5 heteroatoms. The van der Waals surface area contributed by atoms with Gasteiger partial charge >= 0.3 is 0 Å². The van der Waals surface area contributed by atoms with E-state index in [2.05, 4.69) is 47.4 Å². The number of piperazine rings is 1. The van der Waals surface area contributed by atoms with Crippen molar-refractivity contribution in [1.82, 2.24) is 9.80 Å². The number of halogens is 1. The SMILES string of the molecule is CCC1CN(C(=O)c2ccc(Br)cc2S)CCN1C. The van der Waals surface area contributed by atoms with Crippen LogP contribution in [0.1, 0.15) is 23.7 Å². The summed E-state index contributed by atoms with van der Waals surface area (Å²) in [6, 6.07) is 6.05. The average molecular weight is 343 g/mol. The monoisotopic (exact) mass is 342 g/mol. The number of amides is 1. The fourth-order valence-corrected chi connectivity index (χ4v) is 3.27. The first kappa shape index (κ1) is 14.9.